The van der Waals surface area contributed by atoms with E-state index in [1.165, 1.54) is 25.0 Å². The van der Waals surface area contributed by atoms with Gasteiger partial charge >= 0.3 is 0 Å². The Morgan fingerprint density at radius 2 is 2.20 bits per heavy atom. The van der Waals surface area contributed by atoms with Crippen LogP contribution in [0.5, 0.6) is 0 Å². The zero-order valence-electron chi connectivity index (χ0n) is 11.2. The Labute approximate surface area is 117 Å². The number of aromatic nitrogens is 1. The third kappa shape index (κ3) is 1.83. The van der Waals surface area contributed by atoms with Gasteiger partial charge in [-0.25, -0.2) is 5.43 Å². The highest BCUT2D eigenvalue weighted by molar-refractivity contribution is 6.07. The second-order valence-electron chi connectivity index (χ2n) is 5.87. The van der Waals surface area contributed by atoms with Crippen molar-refractivity contribution in [3.8, 4) is 0 Å². The van der Waals surface area contributed by atoms with E-state index in [0.29, 0.717) is 11.5 Å². The summed E-state index contributed by atoms with van der Waals surface area (Å²) in [5.41, 5.74) is 5.56. The van der Waals surface area contributed by atoms with Crippen LogP contribution < -0.4 is 5.43 Å². The van der Waals surface area contributed by atoms with Crippen molar-refractivity contribution in [2.45, 2.75) is 25.7 Å². The Morgan fingerprint density at radius 3 is 3.00 bits per heavy atom. The number of carbonyl (C=O) groups is 1. The summed E-state index contributed by atoms with van der Waals surface area (Å²) in [6.07, 6.45) is 6.66. The molecule has 4 rings (SSSR count). The van der Waals surface area contributed by atoms with Gasteiger partial charge < -0.3 is 4.98 Å². The van der Waals surface area contributed by atoms with Gasteiger partial charge in [0.15, 0.2) is 0 Å². The Balaban J connectivity index is 1.55. The summed E-state index contributed by atoms with van der Waals surface area (Å²) in [4.78, 5) is 15.4. The summed E-state index contributed by atoms with van der Waals surface area (Å²) in [5.74, 6) is 1.30. The Hall–Kier alpha value is -2.10. The van der Waals surface area contributed by atoms with Crippen LogP contribution in [0, 0.1) is 11.8 Å². The first kappa shape index (κ1) is 11.7. The number of nitrogens with zero attached hydrogens (tertiary/aromatic N) is 1. The zero-order chi connectivity index (χ0) is 13.5. The smallest absolute Gasteiger partial charge is 0.273 e. The molecule has 2 N–H and O–H groups in total. The minimum Gasteiger partial charge on any atom is -0.360 e. The molecule has 2 bridgehead atoms. The number of hydrogen-bond donors (Lipinski definition) is 2. The summed E-state index contributed by atoms with van der Waals surface area (Å²) in [7, 11) is 0. The molecule has 4 heteroatoms. The lowest BCUT2D eigenvalue weighted by molar-refractivity contribution is 0.0956. The number of hydrazone groups is 1. The molecule has 2 aliphatic carbocycles. The summed E-state index contributed by atoms with van der Waals surface area (Å²) in [5, 5.41) is 5.31. The number of fused-ring (bicyclic) bond motifs is 3. The van der Waals surface area contributed by atoms with E-state index in [1.54, 1.807) is 6.20 Å². The number of para-hydroxylation sites is 1. The van der Waals surface area contributed by atoms with E-state index in [2.05, 4.69) is 15.5 Å². The second-order valence-corrected chi connectivity index (χ2v) is 5.87. The summed E-state index contributed by atoms with van der Waals surface area (Å²) in [6, 6.07) is 7.81. The number of H-pyrrole nitrogens is 1. The highest BCUT2D eigenvalue weighted by atomic mass is 16.2. The van der Waals surface area contributed by atoms with E-state index in [-0.39, 0.29) is 5.91 Å². The zero-order valence-corrected chi connectivity index (χ0v) is 11.2. The van der Waals surface area contributed by atoms with E-state index in [0.717, 1.165) is 23.2 Å². The van der Waals surface area contributed by atoms with Crippen LogP contribution in [-0.4, -0.2) is 16.6 Å². The molecule has 2 aromatic rings. The largest absolute Gasteiger partial charge is 0.360 e. The van der Waals surface area contributed by atoms with Crippen LogP contribution in [0.3, 0.4) is 0 Å². The number of amides is 1. The first-order chi connectivity index (χ1) is 9.81. The monoisotopic (exact) mass is 267 g/mol. The number of hydrogen-bond acceptors (Lipinski definition) is 2. The van der Waals surface area contributed by atoms with Crippen LogP contribution in [-0.2, 0) is 0 Å². The van der Waals surface area contributed by atoms with E-state index in [4.69, 9.17) is 0 Å². The minimum atomic E-state index is -0.127. The maximum Gasteiger partial charge on any atom is 0.273 e. The lowest BCUT2D eigenvalue weighted by atomic mass is 9.99. The average Bonchev–Trinajstić information content (AvgIpc) is 3.19. The minimum absolute atomic E-state index is 0.127. The molecule has 20 heavy (non-hydrogen) atoms. The van der Waals surface area contributed by atoms with Crippen LogP contribution in [0.25, 0.3) is 10.9 Å². The van der Waals surface area contributed by atoms with Gasteiger partial charge in [0.25, 0.3) is 5.91 Å². The normalized spacial score (nSPS) is 26.5. The van der Waals surface area contributed by atoms with Crippen molar-refractivity contribution < 1.29 is 4.79 Å². The van der Waals surface area contributed by atoms with Gasteiger partial charge in [0.05, 0.1) is 5.56 Å². The van der Waals surface area contributed by atoms with Crippen molar-refractivity contribution in [2.24, 2.45) is 16.9 Å². The number of carbonyl (C=O) groups excluding carboxylic acids is 1. The molecule has 102 valence electrons. The fourth-order valence-electron chi connectivity index (χ4n) is 3.60. The van der Waals surface area contributed by atoms with Crippen LogP contribution in [0.4, 0.5) is 0 Å². The quantitative estimate of drug-likeness (QED) is 0.807. The SMILES string of the molecule is O=C(N/N=C1\CC2CCC1C2)c1c[nH]c2ccccc12. The second kappa shape index (κ2) is 4.47. The van der Waals surface area contributed by atoms with Gasteiger partial charge in [0.1, 0.15) is 0 Å². The molecular formula is C16H17N3O. The summed E-state index contributed by atoms with van der Waals surface area (Å²) >= 11 is 0. The lowest BCUT2D eigenvalue weighted by Crippen LogP contribution is -2.21. The van der Waals surface area contributed by atoms with Gasteiger partial charge in [-0.2, -0.15) is 5.10 Å². The van der Waals surface area contributed by atoms with Gasteiger partial charge in [-0.05, 0) is 43.6 Å². The molecule has 1 heterocycles. The summed E-state index contributed by atoms with van der Waals surface area (Å²) in [6.45, 7) is 0. The fourth-order valence-corrected chi connectivity index (χ4v) is 3.60. The highest BCUT2D eigenvalue weighted by Crippen LogP contribution is 2.42. The molecule has 0 spiro atoms. The van der Waals surface area contributed by atoms with Crippen molar-refractivity contribution in [1.29, 1.82) is 0 Å². The Morgan fingerprint density at radius 1 is 1.30 bits per heavy atom. The summed E-state index contributed by atoms with van der Waals surface area (Å²) < 4.78 is 0. The van der Waals surface area contributed by atoms with Gasteiger partial charge in [0, 0.05) is 22.8 Å². The predicted molar refractivity (Wildman–Crippen MR) is 78.6 cm³/mol. The van der Waals surface area contributed by atoms with Crippen LogP contribution in [0.15, 0.2) is 35.6 Å². The highest BCUT2D eigenvalue weighted by Gasteiger charge is 2.36. The lowest BCUT2D eigenvalue weighted by Gasteiger charge is -2.11. The molecule has 1 aromatic carbocycles. The van der Waals surface area contributed by atoms with Crippen LogP contribution >= 0.6 is 0 Å². The number of benzene rings is 1. The molecule has 2 saturated carbocycles. The average molecular weight is 267 g/mol. The number of nitrogens with one attached hydrogen (secondary N) is 2. The molecule has 4 nitrogen and oxygen atoms in total. The predicted octanol–water partition coefficient (Wildman–Crippen LogP) is 3.07. The molecule has 2 atom stereocenters. The molecule has 2 unspecified atom stereocenters. The number of aromatic amines is 1. The molecule has 1 aromatic heterocycles. The topological polar surface area (TPSA) is 57.2 Å². The van der Waals surface area contributed by atoms with E-state index in [9.17, 15) is 4.79 Å². The van der Waals surface area contributed by atoms with Crippen molar-refractivity contribution in [3.05, 3.63) is 36.0 Å². The van der Waals surface area contributed by atoms with Gasteiger partial charge in [0.2, 0.25) is 0 Å². The first-order valence-electron chi connectivity index (χ1n) is 7.24. The standard InChI is InChI=1S/C16H17N3O/c20-16(13-9-17-14-4-2-1-3-12(13)14)19-18-15-8-10-5-6-11(15)7-10/h1-4,9-11,17H,5-8H2,(H,19,20)/b18-15+. The van der Waals surface area contributed by atoms with Crippen molar-refractivity contribution >= 4 is 22.5 Å². The molecule has 2 fully saturated rings. The van der Waals surface area contributed by atoms with Gasteiger partial charge in [-0.1, -0.05) is 18.2 Å². The first-order valence-corrected chi connectivity index (χ1v) is 7.24. The van der Waals surface area contributed by atoms with E-state index in [1.807, 2.05) is 24.3 Å². The van der Waals surface area contributed by atoms with Gasteiger partial charge in [-0.3, -0.25) is 4.79 Å². The maximum atomic E-state index is 12.2. The van der Waals surface area contributed by atoms with Crippen molar-refractivity contribution in [3.63, 3.8) is 0 Å². The van der Waals surface area contributed by atoms with E-state index < -0.39 is 0 Å². The van der Waals surface area contributed by atoms with Gasteiger partial charge in [-0.15, -0.1) is 0 Å². The van der Waals surface area contributed by atoms with E-state index >= 15 is 0 Å². The Bertz CT molecular complexity index is 701. The van der Waals surface area contributed by atoms with Crippen LogP contribution in [0.2, 0.25) is 0 Å². The van der Waals surface area contributed by atoms with Crippen molar-refractivity contribution in [2.75, 3.05) is 0 Å². The molecular weight excluding hydrogens is 250 g/mol. The molecule has 1 amide bonds. The fraction of sp³-hybridized carbons (Fsp3) is 0.375. The van der Waals surface area contributed by atoms with Crippen molar-refractivity contribution in [1.82, 2.24) is 10.4 Å². The molecule has 0 saturated heterocycles. The Kier molecular flexibility index (Phi) is 2.62. The molecule has 0 radical (unpaired) electrons. The maximum absolute atomic E-state index is 12.2. The third-order valence-electron chi connectivity index (χ3n) is 4.65. The molecule has 0 aliphatic heterocycles. The molecule has 2 aliphatic rings. The van der Waals surface area contributed by atoms with Crippen LogP contribution in [0.1, 0.15) is 36.0 Å². The third-order valence-corrected chi connectivity index (χ3v) is 4.65. The number of rotatable bonds is 2.